The van der Waals surface area contributed by atoms with Gasteiger partial charge in [-0.15, -0.1) is 0 Å². The van der Waals surface area contributed by atoms with E-state index in [9.17, 15) is 14.7 Å². The molecule has 0 fully saturated rings. The minimum Gasteiger partial charge on any atom is -0.545 e. The number of pyridine rings is 1. The number of rotatable bonds is 6. The number of aromatic carboxylic acids is 1. The fourth-order valence-corrected chi connectivity index (χ4v) is 3.21. The maximum Gasteiger partial charge on any atom is 1.00 e. The minimum atomic E-state index is -1.43. The van der Waals surface area contributed by atoms with Gasteiger partial charge in [0.1, 0.15) is 12.4 Å². The third-order valence-electron chi connectivity index (χ3n) is 4.61. The molecule has 4 rings (SSSR count). The fraction of sp³-hybridized carbons (Fsp3) is 0.0417. The Morgan fingerprint density at radius 1 is 0.969 bits per heavy atom. The second-order valence-electron chi connectivity index (χ2n) is 6.74. The Morgan fingerprint density at radius 3 is 2.47 bits per heavy atom. The van der Waals surface area contributed by atoms with E-state index < -0.39 is 11.9 Å². The quantitative estimate of drug-likeness (QED) is 0.440. The number of carbonyl (C=O) groups is 2. The number of amides is 1. The number of carbonyl (C=O) groups excluding carboxylic acids is 2. The molecule has 32 heavy (non-hydrogen) atoms. The predicted octanol–water partition coefficient (Wildman–Crippen LogP) is 1.09. The summed E-state index contributed by atoms with van der Waals surface area (Å²) in [6, 6.07) is 22.4. The van der Waals surface area contributed by atoms with Gasteiger partial charge in [0, 0.05) is 21.5 Å². The predicted molar refractivity (Wildman–Crippen MR) is 116 cm³/mol. The van der Waals surface area contributed by atoms with E-state index in [1.165, 1.54) is 18.2 Å². The van der Waals surface area contributed by atoms with Crippen molar-refractivity contribution in [3.63, 3.8) is 0 Å². The van der Waals surface area contributed by atoms with Crippen LogP contribution in [0.2, 0.25) is 5.02 Å². The number of halogens is 1. The van der Waals surface area contributed by atoms with E-state index >= 15 is 0 Å². The summed E-state index contributed by atoms with van der Waals surface area (Å²) in [6.45, 7) is 0.288. The monoisotopic (exact) mass is 454 g/mol. The SMILES string of the molecule is O=C(Nc1ccc(Cl)cc1C(=O)[O-])c1ccc(OCc2ccc3ccccc3n2)cc1.[Na+]. The van der Waals surface area contributed by atoms with Crippen molar-refractivity contribution in [1.29, 1.82) is 0 Å². The van der Waals surface area contributed by atoms with Gasteiger partial charge in [-0.05, 0) is 54.6 Å². The van der Waals surface area contributed by atoms with E-state index in [1.807, 2.05) is 36.4 Å². The first kappa shape index (κ1) is 23.8. The zero-order valence-electron chi connectivity index (χ0n) is 17.2. The Kier molecular flexibility index (Phi) is 7.88. The van der Waals surface area contributed by atoms with Crippen molar-refractivity contribution in [3.8, 4) is 5.75 Å². The van der Waals surface area contributed by atoms with Gasteiger partial charge < -0.3 is 20.0 Å². The molecule has 6 nitrogen and oxygen atoms in total. The molecule has 154 valence electrons. The van der Waals surface area contributed by atoms with E-state index in [0.29, 0.717) is 11.3 Å². The van der Waals surface area contributed by atoms with E-state index in [0.717, 1.165) is 16.6 Å². The van der Waals surface area contributed by atoms with Gasteiger partial charge in [-0.25, -0.2) is 4.98 Å². The summed E-state index contributed by atoms with van der Waals surface area (Å²) in [5.41, 5.74) is 1.95. The van der Waals surface area contributed by atoms with E-state index in [2.05, 4.69) is 10.3 Å². The van der Waals surface area contributed by atoms with Gasteiger partial charge in [-0.2, -0.15) is 0 Å². The van der Waals surface area contributed by atoms with Crippen molar-refractivity contribution in [2.45, 2.75) is 6.61 Å². The van der Waals surface area contributed by atoms with Crippen LogP contribution in [-0.4, -0.2) is 16.9 Å². The third-order valence-corrected chi connectivity index (χ3v) is 4.84. The van der Waals surface area contributed by atoms with Crippen molar-refractivity contribution >= 4 is 40.1 Å². The molecule has 8 heteroatoms. The number of nitrogens with one attached hydrogen (secondary N) is 1. The maximum atomic E-state index is 12.5. The number of aromatic nitrogens is 1. The molecule has 1 aromatic heterocycles. The molecule has 4 aromatic rings. The molecule has 0 atom stereocenters. The molecule has 0 aliphatic heterocycles. The number of benzene rings is 3. The summed E-state index contributed by atoms with van der Waals surface area (Å²) in [5, 5.41) is 15.1. The van der Waals surface area contributed by atoms with Crippen LogP contribution in [0.5, 0.6) is 5.75 Å². The van der Waals surface area contributed by atoms with Crippen molar-refractivity contribution in [2.75, 3.05) is 5.32 Å². The summed E-state index contributed by atoms with van der Waals surface area (Å²) in [7, 11) is 0. The van der Waals surface area contributed by atoms with Crippen LogP contribution in [-0.2, 0) is 6.61 Å². The number of nitrogens with zero attached hydrogens (tertiary/aromatic N) is 1. The molecule has 1 N–H and O–H groups in total. The van der Waals surface area contributed by atoms with Crippen LogP contribution in [0.15, 0.2) is 78.9 Å². The second-order valence-corrected chi connectivity index (χ2v) is 7.18. The van der Waals surface area contributed by atoms with Crippen molar-refractivity contribution in [3.05, 3.63) is 101 Å². The average Bonchev–Trinajstić information content (AvgIpc) is 2.79. The van der Waals surface area contributed by atoms with Crippen LogP contribution in [0.25, 0.3) is 10.9 Å². The number of ether oxygens (including phenoxy) is 1. The molecule has 0 aliphatic rings. The Balaban J connectivity index is 0.00000289. The fourth-order valence-electron chi connectivity index (χ4n) is 3.04. The molecule has 0 bridgehead atoms. The normalized spacial score (nSPS) is 10.3. The smallest absolute Gasteiger partial charge is 0.545 e. The molecule has 0 aliphatic carbocycles. The third kappa shape index (κ3) is 5.66. The van der Waals surface area contributed by atoms with Crippen molar-refractivity contribution in [2.24, 2.45) is 0 Å². The van der Waals surface area contributed by atoms with Crippen molar-refractivity contribution in [1.82, 2.24) is 4.98 Å². The number of carboxylic acid groups (broad SMARTS) is 1. The van der Waals surface area contributed by atoms with Gasteiger partial charge in [0.25, 0.3) is 5.91 Å². The summed E-state index contributed by atoms with van der Waals surface area (Å²) >= 11 is 5.81. The van der Waals surface area contributed by atoms with Gasteiger partial charge >= 0.3 is 29.6 Å². The van der Waals surface area contributed by atoms with Gasteiger partial charge in [-0.3, -0.25) is 4.79 Å². The Labute approximate surface area is 211 Å². The topological polar surface area (TPSA) is 91.4 Å². The summed E-state index contributed by atoms with van der Waals surface area (Å²) in [5.74, 6) is -1.31. The zero-order chi connectivity index (χ0) is 21.8. The molecule has 0 saturated heterocycles. The zero-order valence-corrected chi connectivity index (χ0v) is 19.9. The molecular formula is C24H16ClN2NaO4. The number of fused-ring (bicyclic) bond motifs is 1. The molecule has 0 radical (unpaired) electrons. The second kappa shape index (κ2) is 10.6. The first-order valence-corrected chi connectivity index (χ1v) is 9.77. The summed E-state index contributed by atoms with van der Waals surface area (Å²) in [6.07, 6.45) is 0. The number of para-hydroxylation sites is 1. The van der Waals surface area contributed by atoms with Crippen LogP contribution in [0.3, 0.4) is 0 Å². The number of carboxylic acids is 1. The molecule has 1 heterocycles. The Bertz CT molecular complexity index is 1280. The van der Waals surface area contributed by atoms with Crippen LogP contribution in [0, 0.1) is 0 Å². The molecule has 0 saturated carbocycles. The number of anilines is 1. The summed E-state index contributed by atoms with van der Waals surface area (Å²) < 4.78 is 5.76. The van der Waals surface area contributed by atoms with Gasteiger partial charge in [-0.1, -0.05) is 35.9 Å². The number of hydrogen-bond donors (Lipinski definition) is 1. The molecule has 1 amide bonds. The van der Waals surface area contributed by atoms with Crippen LogP contribution in [0.4, 0.5) is 5.69 Å². The molecule has 3 aromatic carbocycles. The molecule has 0 unspecified atom stereocenters. The largest absolute Gasteiger partial charge is 1.00 e. The Morgan fingerprint density at radius 2 is 1.72 bits per heavy atom. The average molecular weight is 455 g/mol. The molecular weight excluding hydrogens is 439 g/mol. The van der Waals surface area contributed by atoms with E-state index in [1.54, 1.807) is 24.3 Å². The van der Waals surface area contributed by atoms with Crippen LogP contribution < -0.4 is 44.7 Å². The van der Waals surface area contributed by atoms with Gasteiger partial charge in [0.2, 0.25) is 0 Å². The van der Waals surface area contributed by atoms with Crippen LogP contribution >= 0.6 is 11.6 Å². The van der Waals surface area contributed by atoms with Gasteiger partial charge in [0.05, 0.1) is 22.9 Å². The first-order valence-electron chi connectivity index (χ1n) is 9.39. The number of hydrogen-bond acceptors (Lipinski definition) is 5. The van der Waals surface area contributed by atoms with Crippen molar-refractivity contribution < 1.29 is 49.0 Å². The van der Waals surface area contributed by atoms with Gasteiger partial charge in [0.15, 0.2) is 0 Å². The summed E-state index contributed by atoms with van der Waals surface area (Å²) in [4.78, 5) is 28.3. The van der Waals surface area contributed by atoms with E-state index in [4.69, 9.17) is 16.3 Å². The molecule has 0 spiro atoms. The minimum absolute atomic E-state index is 0. The maximum absolute atomic E-state index is 12.5. The van der Waals surface area contributed by atoms with E-state index in [-0.39, 0.29) is 52.4 Å². The van der Waals surface area contributed by atoms with Crippen LogP contribution in [0.1, 0.15) is 26.4 Å². The standard InChI is InChI=1S/C24H17ClN2O4.Na/c25-17-8-12-22(20(13-17)24(29)30)27-23(28)16-6-10-19(11-7-16)31-14-18-9-5-15-3-1-2-4-21(15)26-18;/h1-13H,14H2,(H,27,28)(H,29,30);/q;+1/p-1. The Hall–Kier alpha value is -2.90. The first-order chi connectivity index (χ1) is 15.0.